The summed E-state index contributed by atoms with van der Waals surface area (Å²) in [5.41, 5.74) is 1.33. The van der Waals surface area contributed by atoms with E-state index in [4.69, 9.17) is 9.88 Å². The number of rotatable bonds is 1. The summed E-state index contributed by atoms with van der Waals surface area (Å²) in [4.78, 5) is 1.45. The molecule has 1 aromatic rings. The predicted molar refractivity (Wildman–Crippen MR) is 47.7 cm³/mol. The van der Waals surface area contributed by atoms with Crippen LogP contribution < -0.4 is 5.14 Å². The number of fused-ring (bicyclic) bond motifs is 1. The highest BCUT2D eigenvalue weighted by molar-refractivity contribution is 7.99. The van der Waals surface area contributed by atoms with Crippen LogP contribution in [-0.2, 0) is 17.8 Å². The van der Waals surface area contributed by atoms with E-state index < -0.39 is 0 Å². The summed E-state index contributed by atoms with van der Waals surface area (Å²) >= 11 is 3.12. The molecule has 2 N–H and O–H groups in total. The number of hydrogen-bond acceptors (Lipinski definition) is 4. The lowest BCUT2D eigenvalue weighted by Crippen LogP contribution is -2.05. The molecule has 60 valence electrons. The van der Waals surface area contributed by atoms with Gasteiger partial charge < -0.3 is 4.74 Å². The van der Waals surface area contributed by atoms with Crippen molar-refractivity contribution in [3.63, 3.8) is 0 Å². The van der Waals surface area contributed by atoms with Gasteiger partial charge in [-0.2, -0.15) is 0 Å². The molecule has 0 amide bonds. The molecule has 0 spiro atoms. The minimum atomic E-state index is 0.770. The Labute approximate surface area is 73.9 Å². The third-order valence-electron chi connectivity index (χ3n) is 1.72. The van der Waals surface area contributed by atoms with Gasteiger partial charge >= 0.3 is 0 Å². The van der Waals surface area contributed by atoms with Crippen molar-refractivity contribution in [2.75, 3.05) is 6.61 Å². The highest BCUT2D eigenvalue weighted by atomic mass is 32.2. The molecule has 11 heavy (non-hydrogen) atoms. The molecule has 0 atom stereocenters. The molecule has 2 rings (SSSR count). The van der Waals surface area contributed by atoms with Crippen molar-refractivity contribution in [3.05, 3.63) is 16.5 Å². The highest BCUT2D eigenvalue weighted by Gasteiger charge is 2.12. The summed E-state index contributed by atoms with van der Waals surface area (Å²) in [5, 5.41) is 5.45. The molecule has 0 aromatic carbocycles. The monoisotopic (exact) mass is 187 g/mol. The first-order valence-corrected chi connectivity index (χ1v) is 5.16. The van der Waals surface area contributed by atoms with Crippen molar-refractivity contribution >= 4 is 23.3 Å². The maximum atomic E-state index is 5.45. The summed E-state index contributed by atoms with van der Waals surface area (Å²) in [6.45, 7) is 1.63. The van der Waals surface area contributed by atoms with E-state index in [1.165, 1.54) is 26.6 Å². The van der Waals surface area contributed by atoms with Gasteiger partial charge in [-0.3, -0.25) is 5.14 Å². The van der Waals surface area contributed by atoms with Gasteiger partial charge in [-0.1, -0.05) is 0 Å². The lowest BCUT2D eigenvalue weighted by Gasteiger charge is -2.10. The predicted octanol–water partition coefficient (Wildman–Crippen LogP) is 1.79. The largest absolute Gasteiger partial charge is 0.376 e. The van der Waals surface area contributed by atoms with E-state index in [0.717, 1.165) is 19.6 Å². The maximum absolute atomic E-state index is 5.45. The fourth-order valence-corrected chi connectivity index (χ4v) is 2.76. The minimum absolute atomic E-state index is 0.770. The van der Waals surface area contributed by atoms with Crippen LogP contribution in [0.5, 0.6) is 0 Å². The molecule has 0 saturated carbocycles. The summed E-state index contributed by atoms with van der Waals surface area (Å²) < 4.78 is 6.51. The number of thiophene rings is 1. The molecular weight excluding hydrogens is 178 g/mol. The fraction of sp³-hybridized carbons (Fsp3) is 0.429. The van der Waals surface area contributed by atoms with E-state index in [2.05, 4.69) is 6.07 Å². The first-order valence-electron chi connectivity index (χ1n) is 3.46. The number of hydrogen-bond donors (Lipinski definition) is 1. The molecule has 0 saturated heterocycles. The zero-order valence-corrected chi connectivity index (χ0v) is 7.63. The van der Waals surface area contributed by atoms with Crippen molar-refractivity contribution < 1.29 is 4.74 Å². The minimum Gasteiger partial charge on any atom is -0.376 e. The van der Waals surface area contributed by atoms with Gasteiger partial charge in [-0.25, -0.2) is 0 Å². The summed E-state index contributed by atoms with van der Waals surface area (Å²) in [6, 6.07) is 2.13. The van der Waals surface area contributed by atoms with E-state index >= 15 is 0 Å². The van der Waals surface area contributed by atoms with E-state index in [9.17, 15) is 0 Å². The molecule has 1 aliphatic heterocycles. The topological polar surface area (TPSA) is 35.2 Å². The van der Waals surface area contributed by atoms with Crippen molar-refractivity contribution in [2.45, 2.75) is 17.2 Å². The van der Waals surface area contributed by atoms with Gasteiger partial charge in [-0.05, 0) is 23.6 Å². The Morgan fingerprint density at radius 2 is 2.55 bits per heavy atom. The van der Waals surface area contributed by atoms with Gasteiger partial charge in [0, 0.05) is 11.3 Å². The van der Waals surface area contributed by atoms with Crippen LogP contribution in [0.15, 0.2) is 10.3 Å². The Kier molecular flexibility index (Phi) is 2.18. The molecule has 1 aromatic heterocycles. The Morgan fingerprint density at radius 3 is 3.27 bits per heavy atom. The van der Waals surface area contributed by atoms with Crippen LogP contribution in [0.2, 0.25) is 0 Å². The molecule has 0 bridgehead atoms. The fourth-order valence-electron chi connectivity index (χ4n) is 1.18. The van der Waals surface area contributed by atoms with Crippen LogP contribution >= 0.6 is 23.3 Å². The van der Waals surface area contributed by atoms with Gasteiger partial charge in [-0.15, -0.1) is 11.3 Å². The van der Waals surface area contributed by atoms with Crippen molar-refractivity contribution in [1.82, 2.24) is 0 Å². The zero-order valence-electron chi connectivity index (χ0n) is 6.00. The maximum Gasteiger partial charge on any atom is 0.0755 e. The van der Waals surface area contributed by atoms with Gasteiger partial charge in [0.1, 0.15) is 0 Å². The standard InChI is InChI=1S/C7H9NOS2/c8-11-7-3-5-4-9-2-1-6(5)10-7/h3H,1-2,4,8H2. The summed E-state index contributed by atoms with van der Waals surface area (Å²) in [7, 11) is 0. The Bertz CT molecular complexity index is 235. The van der Waals surface area contributed by atoms with Crippen LogP contribution in [0.3, 0.4) is 0 Å². The molecule has 0 aliphatic carbocycles. The lowest BCUT2D eigenvalue weighted by atomic mass is 10.2. The lowest BCUT2D eigenvalue weighted by molar-refractivity contribution is 0.112. The van der Waals surface area contributed by atoms with Gasteiger partial charge in [0.15, 0.2) is 0 Å². The second kappa shape index (κ2) is 3.15. The second-order valence-corrected chi connectivity index (χ2v) is 4.50. The highest BCUT2D eigenvalue weighted by Crippen LogP contribution is 2.30. The Morgan fingerprint density at radius 1 is 1.64 bits per heavy atom. The van der Waals surface area contributed by atoms with E-state index in [-0.39, 0.29) is 0 Å². The van der Waals surface area contributed by atoms with E-state index in [0.29, 0.717) is 0 Å². The van der Waals surface area contributed by atoms with Crippen molar-refractivity contribution in [3.8, 4) is 0 Å². The number of ether oxygens (including phenoxy) is 1. The Hall–Kier alpha value is -0.0300. The SMILES string of the molecule is NSc1cc2c(s1)CCOC2. The van der Waals surface area contributed by atoms with Crippen LogP contribution in [0, 0.1) is 0 Å². The smallest absolute Gasteiger partial charge is 0.0755 e. The third kappa shape index (κ3) is 1.44. The molecule has 2 heterocycles. The summed E-state index contributed by atoms with van der Waals surface area (Å²) in [6.07, 6.45) is 1.06. The quantitative estimate of drug-likeness (QED) is 0.681. The average Bonchev–Trinajstić information content (AvgIpc) is 2.46. The molecule has 1 aliphatic rings. The zero-order chi connectivity index (χ0) is 7.68. The second-order valence-electron chi connectivity index (χ2n) is 2.43. The molecule has 2 nitrogen and oxygen atoms in total. The van der Waals surface area contributed by atoms with Gasteiger partial charge in [0.2, 0.25) is 0 Å². The summed E-state index contributed by atoms with van der Waals surface area (Å²) in [5.74, 6) is 0. The normalized spacial score (nSPS) is 16.5. The van der Waals surface area contributed by atoms with Crippen LogP contribution in [-0.4, -0.2) is 6.61 Å². The van der Waals surface area contributed by atoms with Crippen LogP contribution in [0.1, 0.15) is 10.4 Å². The molecule has 0 unspecified atom stereocenters. The van der Waals surface area contributed by atoms with E-state index in [1.807, 2.05) is 0 Å². The van der Waals surface area contributed by atoms with E-state index in [1.54, 1.807) is 11.3 Å². The molecular formula is C7H9NOS2. The van der Waals surface area contributed by atoms with Crippen molar-refractivity contribution in [2.24, 2.45) is 5.14 Å². The first-order chi connectivity index (χ1) is 5.40. The molecule has 0 radical (unpaired) electrons. The molecule has 0 fully saturated rings. The van der Waals surface area contributed by atoms with Crippen LogP contribution in [0.4, 0.5) is 0 Å². The average molecular weight is 187 g/mol. The third-order valence-corrected chi connectivity index (χ3v) is 3.64. The Balaban J connectivity index is 2.32. The molecule has 4 heteroatoms. The van der Waals surface area contributed by atoms with Crippen LogP contribution in [0.25, 0.3) is 0 Å². The van der Waals surface area contributed by atoms with Gasteiger partial charge in [0.05, 0.1) is 17.4 Å². The number of nitrogens with two attached hydrogens (primary N) is 1. The first kappa shape index (κ1) is 7.61. The van der Waals surface area contributed by atoms with Gasteiger partial charge in [0.25, 0.3) is 0 Å². The van der Waals surface area contributed by atoms with Crippen molar-refractivity contribution in [1.29, 1.82) is 0 Å².